The van der Waals surface area contributed by atoms with Gasteiger partial charge in [0.25, 0.3) is 0 Å². The predicted molar refractivity (Wildman–Crippen MR) is 83.9 cm³/mol. The van der Waals surface area contributed by atoms with Crippen molar-refractivity contribution < 1.29 is 9.53 Å². The molecule has 0 unspecified atom stereocenters. The lowest BCUT2D eigenvalue weighted by molar-refractivity contribution is -0.128. The van der Waals surface area contributed by atoms with Crippen molar-refractivity contribution in [3.8, 4) is 6.07 Å². The van der Waals surface area contributed by atoms with Crippen LogP contribution in [-0.4, -0.2) is 35.4 Å². The van der Waals surface area contributed by atoms with Gasteiger partial charge in [0.1, 0.15) is 18.2 Å². The molecule has 0 radical (unpaired) electrons. The summed E-state index contributed by atoms with van der Waals surface area (Å²) in [6.45, 7) is 4.64. The molecule has 5 nitrogen and oxygen atoms in total. The van der Waals surface area contributed by atoms with Crippen molar-refractivity contribution in [2.45, 2.75) is 51.5 Å². The molecule has 1 aliphatic carbocycles. The lowest BCUT2D eigenvalue weighted by atomic mass is 10.0. The van der Waals surface area contributed by atoms with Crippen molar-refractivity contribution in [3.05, 3.63) is 10.6 Å². The average Bonchev–Trinajstić information content (AvgIpc) is 3.11. The van der Waals surface area contributed by atoms with E-state index >= 15 is 0 Å². The molecule has 1 aliphatic heterocycles. The number of nitriles is 1. The second-order valence-corrected chi connectivity index (χ2v) is 5.86. The Kier molecular flexibility index (Phi) is 4.94. The zero-order valence-corrected chi connectivity index (χ0v) is 13.4. The van der Waals surface area contributed by atoms with Crippen LogP contribution in [0.2, 0.25) is 0 Å². The van der Waals surface area contributed by atoms with E-state index in [0.29, 0.717) is 30.5 Å². The topological polar surface area (TPSA) is 65.7 Å². The lowest BCUT2D eigenvalue weighted by Gasteiger charge is -2.21. The van der Waals surface area contributed by atoms with Crippen LogP contribution in [-0.2, 0) is 9.53 Å². The summed E-state index contributed by atoms with van der Waals surface area (Å²) in [5, 5.41) is 9.77. The number of ether oxygens (including phenoxy) is 1. The van der Waals surface area contributed by atoms with E-state index in [4.69, 9.17) is 4.74 Å². The van der Waals surface area contributed by atoms with Crippen molar-refractivity contribution in [1.82, 2.24) is 4.90 Å². The minimum absolute atomic E-state index is 0.0653. The molecule has 1 saturated carbocycles. The zero-order chi connectivity index (χ0) is 15.5. The smallest absolute Gasteiger partial charge is 0.230 e. The monoisotopic (exact) mass is 307 g/mol. The van der Waals surface area contributed by atoms with Gasteiger partial charge < -0.3 is 9.64 Å². The second kappa shape index (κ2) is 6.52. The van der Waals surface area contributed by atoms with E-state index in [1.54, 1.807) is 6.92 Å². The van der Waals surface area contributed by atoms with Crippen molar-refractivity contribution >= 4 is 24.4 Å². The van der Waals surface area contributed by atoms with Gasteiger partial charge in [-0.15, -0.1) is 12.6 Å². The van der Waals surface area contributed by atoms with Gasteiger partial charge in [0.2, 0.25) is 11.8 Å². The first-order valence-corrected chi connectivity index (χ1v) is 7.88. The zero-order valence-electron chi connectivity index (χ0n) is 12.6. The van der Waals surface area contributed by atoms with E-state index in [2.05, 4.69) is 23.7 Å². The van der Waals surface area contributed by atoms with Crippen LogP contribution in [0, 0.1) is 11.3 Å². The van der Waals surface area contributed by atoms with Gasteiger partial charge in [-0.25, -0.2) is 4.99 Å². The van der Waals surface area contributed by atoms with E-state index in [-0.39, 0.29) is 17.0 Å². The van der Waals surface area contributed by atoms with Crippen molar-refractivity contribution in [3.63, 3.8) is 0 Å². The molecule has 1 fully saturated rings. The molecule has 2 aliphatic rings. The van der Waals surface area contributed by atoms with Gasteiger partial charge in [-0.1, -0.05) is 19.8 Å². The third kappa shape index (κ3) is 3.08. The molecule has 0 saturated heterocycles. The fourth-order valence-electron chi connectivity index (χ4n) is 2.86. The molecule has 0 N–H and O–H groups in total. The summed E-state index contributed by atoms with van der Waals surface area (Å²) < 4.78 is 5.66. The highest BCUT2D eigenvalue weighted by molar-refractivity contribution is 7.84. The number of amides is 1. The Bertz CT molecular complexity index is 528. The molecule has 1 heterocycles. The quantitative estimate of drug-likeness (QED) is 0.641. The van der Waals surface area contributed by atoms with Crippen LogP contribution in [0.1, 0.15) is 46.0 Å². The SMILES string of the molecule is CCC(=O)N(CC)/C(S)=C(\C#N)C1=NC2(CCCC2)CO1. The number of rotatable bonds is 4. The molecule has 2 rings (SSSR count). The molecular formula is C15H21N3O2S. The molecular weight excluding hydrogens is 286 g/mol. The Morgan fingerprint density at radius 3 is 2.67 bits per heavy atom. The predicted octanol–water partition coefficient (Wildman–Crippen LogP) is 2.65. The molecule has 0 aromatic heterocycles. The van der Waals surface area contributed by atoms with Gasteiger partial charge in [0.05, 0.1) is 10.6 Å². The Labute approximate surface area is 131 Å². The number of carbonyl (C=O) groups is 1. The molecule has 0 aromatic rings. The molecule has 0 atom stereocenters. The van der Waals surface area contributed by atoms with Crippen LogP contribution in [0.4, 0.5) is 0 Å². The largest absolute Gasteiger partial charge is 0.474 e. The maximum atomic E-state index is 11.9. The summed E-state index contributed by atoms with van der Waals surface area (Å²) in [5.41, 5.74) is 0.0999. The van der Waals surface area contributed by atoms with Crippen molar-refractivity contribution in [1.29, 1.82) is 5.26 Å². The number of nitrogens with zero attached hydrogens (tertiary/aromatic N) is 3. The van der Waals surface area contributed by atoms with Crippen LogP contribution in [0.25, 0.3) is 0 Å². The molecule has 0 bridgehead atoms. The van der Waals surface area contributed by atoms with Crippen LogP contribution in [0.15, 0.2) is 15.6 Å². The number of carbonyl (C=O) groups excluding carboxylic acids is 1. The van der Waals surface area contributed by atoms with Crippen LogP contribution >= 0.6 is 12.6 Å². The minimum atomic E-state index is -0.155. The molecule has 6 heteroatoms. The maximum Gasteiger partial charge on any atom is 0.230 e. The summed E-state index contributed by atoms with van der Waals surface area (Å²) in [6, 6.07) is 2.10. The van der Waals surface area contributed by atoms with Gasteiger partial charge in [-0.2, -0.15) is 5.26 Å². The molecule has 114 valence electrons. The molecule has 0 aromatic carbocycles. The summed E-state index contributed by atoms with van der Waals surface area (Å²) in [4.78, 5) is 18.1. The fourth-order valence-corrected chi connectivity index (χ4v) is 3.26. The minimum Gasteiger partial charge on any atom is -0.474 e. The average molecular weight is 307 g/mol. The van der Waals surface area contributed by atoms with Gasteiger partial charge >= 0.3 is 0 Å². The second-order valence-electron chi connectivity index (χ2n) is 5.44. The highest BCUT2D eigenvalue weighted by Gasteiger charge is 2.40. The van der Waals surface area contributed by atoms with E-state index in [1.165, 1.54) is 4.90 Å². The number of aliphatic imine (C=N–C) groups is 1. The van der Waals surface area contributed by atoms with Crippen LogP contribution in [0.3, 0.4) is 0 Å². The van der Waals surface area contributed by atoms with E-state index in [9.17, 15) is 10.1 Å². The Morgan fingerprint density at radius 1 is 1.48 bits per heavy atom. The first kappa shape index (κ1) is 15.9. The highest BCUT2D eigenvalue weighted by Crippen LogP contribution is 2.38. The van der Waals surface area contributed by atoms with Gasteiger partial charge in [0, 0.05) is 13.0 Å². The third-order valence-electron chi connectivity index (χ3n) is 4.08. The van der Waals surface area contributed by atoms with Crippen molar-refractivity contribution in [2.24, 2.45) is 4.99 Å². The number of hydrogen-bond donors (Lipinski definition) is 1. The number of thiol groups is 1. The normalized spacial score (nSPS) is 20.6. The fraction of sp³-hybridized carbons (Fsp3) is 0.667. The standard InChI is InChI=1S/C15H21N3O2S/c1-3-12(19)18(4-2)14(21)11(9-16)13-17-15(10-20-13)7-5-6-8-15/h21H,3-8,10H2,1-2H3/b14-11-. The van der Waals surface area contributed by atoms with Crippen LogP contribution < -0.4 is 0 Å². The summed E-state index contributed by atoms with van der Waals surface area (Å²) in [6.07, 6.45) is 4.67. The first-order chi connectivity index (χ1) is 10.1. The van der Waals surface area contributed by atoms with Crippen LogP contribution in [0.5, 0.6) is 0 Å². The van der Waals surface area contributed by atoms with Gasteiger partial charge in [-0.3, -0.25) is 4.79 Å². The molecule has 1 amide bonds. The third-order valence-corrected chi connectivity index (χ3v) is 4.54. The summed E-state index contributed by atoms with van der Waals surface area (Å²) in [5.74, 6) is 0.274. The van der Waals surface area contributed by atoms with Gasteiger partial charge in [-0.05, 0) is 19.8 Å². The summed E-state index contributed by atoms with van der Waals surface area (Å²) in [7, 11) is 0. The first-order valence-electron chi connectivity index (χ1n) is 7.43. The van der Waals surface area contributed by atoms with E-state index in [0.717, 1.165) is 25.7 Å². The Hall–Kier alpha value is -1.48. The Balaban J connectivity index is 2.32. The van der Waals surface area contributed by atoms with E-state index in [1.807, 2.05) is 6.92 Å². The van der Waals surface area contributed by atoms with E-state index < -0.39 is 0 Å². The van der Waals surface area contributed by atoms with Crippen molar-refractivity contribution in [2.75, 3.05) is 13.2 Å². The molecule has 21 heavy (non-hydrogen) atoms. The maximum absolute atomic E-state index is 11.9. The molecule has 1 spiro atoms. The van der Waals surface area contributed by atoms with Gasteiger partial charge in [0.15, 0.2) is 0 Å². The summed E-state index contributed by atoms with van der Waals surface area (Å²) >= 11 is 4.38. The lowest BCUT2D eigenvalue weighted by Crippen LogP contribution is -2.29. The Morgan fingerprint density at radius 2 is 2.14 bits per heavy atom. The number of hydrogen-bond acceptors (Lipinski definition) is 5. The highest BCUT2D eigenvalue weighted by atomic mass is 32.1.